The van der Waals surface area contributed by atoms with E-state index in [1.165, 1.54) is 11.8 Å². The standard InChI is InChI=1S/C12H15ClO3S/c1-7(12(14)15)4-8-5-9(13)11(16-2)10(6-8)17-3/h5-7H,4H2,1-3H3,(H,14,15). The number of carbonyl (C=O) groups is 1. The molecular formula is C12H15ClO3S. The molecule has 0 aromatic heterocycles. The van der Waals surface area contributed by atoms with Crippen LogP contribution < -0.4 is 4.74 Å². The summed E-state index contributed by atoms with van der Waals surface area (Å²) in [5, 5.41) is 9.40. The molecular weight excluding hydrogens is 260 g/mol. The Balaban J connectivity index is 3.03. The number of aliphatic carboxylic acids is 1. The second-order valence-corrected chi connectivity index (χ2v) is 5.01. The van der Waals surface area contributed by atoms with Gasteiger partial charge in [0.25, 0.3) is 0 Å². The van der Waals surface area contributed by atoms with E-state index in [-0.39, 0.29) is 0 Å². The van der Waals surface area contributed by atoms with E-state index >= 15 is 0 Å². The number of carboxylic acids is 1. The van der Waals surface area contributed by atoms with Gasteiger partial charge in [-0.15, -0.1) is 11.8 Å². The van der Waals surface area contributed by atoms with Crippen molar-refractivity contribution in [3.05, 3.63) is 22.7 Å². The van der Waals surface area contributed by atoms with E-state index in [2.05, 4.69) is 0 Å². The molecule has 1 unspecified atom stereocenters. The molecule has 1 N–H and O–H groups in total. The second-order valence-electron chi connectivity index (χ2n) is 3.76. The van der Waals surface area contributed by atoms with E-state index in [9.17, 15) is 4.79 Å². The van der Waals surface area contributed by atoms with Crippen molar-refractivity contribution in [2.75, 3.05) is 13.4 Å². The number of ether oxygens (including phenoxy) is 1. The summed E-state index contributed by atoms with van der Waals surface area (Å²) in [5.41, 5.74) is 0.912. The molecule has 0 aliphatic carbocycles. The highest BCUT2D eigenvalue weighted by Crippen LogP contribution is 2.36. The normalized spacial score (nSPS) is 12.2. The summed E-state index contributed by atoms with van der Waals surface area (Å²) in [6, 6.07) is 3.69. The Morgan fingerprint density at radius 2 is 2.24 bits per heavy atom. The van der Waals surface area contributed by atoms with Gasteiger partial charge in [0.1, 0.15) is 0 Å². The molecule has 94 valence electrons. The highest BCUT2D eigenvalue weighted by atomic mass is 35.5. The molecule has 1 rings (SSSR count). The quantitative estimate of drug-likeness (QED) is 0.837. The topological polar surface area (TPSA) is 46.5 Å². The summed E-state index contributed by atoms with van der Waals surface area (Å²) in [6.45, 7) is 1.68. The third-order valence-electron chi connectivity index (χ3n) is 2.46. The number of hydrogen-bond donors (Lipinski definition) is 1. The lowest BCUT2D eigenvalue weighted by Gasteiger charge is -2.12. The molecule has 0 saturated carbocycles. The van der Waals surface area contributed by atoms with Gasteiger partial charge in [0.2, 0.25) is 0 Å². The van der Waals surface area contributed by atoms with Crippen LogP contribution in [0.3, 0.4) is 0 Å². The molecule has 0 amide bonds. The van der Waals surface area contributed by atoms with Crippen molar-refractivity contribution in [2.45, 2.75) is 18.2 Å². The first-order valence-corrected chi connectivity index (χ1v) is 6.73. The first kappa shape index (κ1) is 14.2. The number of rotatable bonds is 5. The van der Waals surface area contributed by atoms with E-state index in [0.29, 0.717) is 17.2 Å². The first-order chi connectivity index (χ1) is 7.99. The molecule has 1 aromatic carbocycles. The highest BCUT2D eigenvalue weighted by molar-refractivity contribution is 7.98. The van der Waals surface area contributed by atoms with Gasteiger partial charge in [-0.05, 0) is 30.4 Å². The third-order valence-corrected chi connectivity index (χ3v) is 3.48. The molecule has 5 heteroatoms. The number of halogens is 1. The molecule has 0 aliphatic heterocycles. The molecule has 0 bridgehead atoms. The summed E-state index contributed by atoms with van der Waals surface area (Å²) in [6.07, 6.45) is 2.39. The maximum Gasteiger partial charge on any atom is 0.306 e. The molecule has 0 aliphatic rings. The molecule has 0 spiro atoms. The van der Waals surface area contributed by atoms with Crippen LogP contribution in [0.2, 0.25) is 5.02 Å². The van der Waals surface area contributed by atoms with Crippen LogP contribution >= 0.6 is 23.4 Å². The molecule has 0 fully saturated rings. The summed E-state index contributed by atoms with van der Waals surface area (Å²) >= 11 is 7.62. The van der Waals surface area contributed by atoms with Gasteiger partial charge in [-0.1, -0.05) is 18.5 Å². The van der Waals surface area contributed by atoms with Crippen molar-refractivity contribution in [2.24, 2.45) is 5.92 Å². The zero-order valence-corrected chi connectivity index (χ0v) is 11.6. The van der Waals surface area contributed by atoms with Crippen molar-refractivity contribution in [1.29, 1.82) is 0 Å². The minimum Gasteiger partial charge on any atom is -0.494 e. The molecule has 17 heavy (non-hydrogen) atoms. The predicted molar refractivity (Wildman–Crippen MR) is 70.3 cm³/mol. The smallest absolute Gasteiger partial charge is 0.306 e. The van der Waals surface area contributed by atoms with Gasteiger partial charge in [-0.3, -0.25) is 4.79 Å². The average molecular weight is 275 g/mol. The van der Waals surface area contributed by atoms with Crippen LogP contribution in [0.1, 0.15) is 12.5 Å². The fraction of sp³-hybridized carbons (Fsp3) is 0.417. The Morgan fingerprint density at radius 1 is 1.59 bits per heavy atom. The molecule has 0 heterocycles. The van der Waals surface area contributed by atoms with Gasteiger partial charge in [0.15, 0.2) is 5.75 Å². The van der Waals surface area contributed by atoms with Gasteiger partial charge >= 0.3 is 5.97 Å². The lowest BCUT2D eigenvalue weighted by Crippen LogP contribution is -2.12. The van der Waals surface area contributed by atoms with Crippen LogP contribution in [0, 0.1) is 5.92 Å². The summed E-state index contributed by atoms with van der Waals surface area (Å²) in [5.74, 6) is -0.581. The lowest BCUT2D eigenvalue weighted by atomic mass is 10.0. The second kappa shape index (κ2) is 6.17. The van der Waals surface area contributed by atoms with Crippen molar-refractivity contribution < 1.29 is 14.6 Å². The Bertz CT molecular complexity index is 420. The average Bonchev–Trinajstić information content (AvgIpc) is 2.27. The number of hydrogen-bond acceptors (Lipinski definition) is 3. The minimum atomic E-state index is -0.803. The van der Waals surface area contributed by atoms with Crippen LogP contribution in [0.4, 0.5) is 0 Å². The number of benzene rings is 1. The predicted octanol–water partition coefficient (Wildman–Crippen LogP) is 3.33. The number of methoxy groups -OCH3 is 1. The van der Waals surface area contributed by atoms with Crippen molar-refractivity contribution in [3.8, 4) is 5.75 Å². The Kier molecular flexibility index (Phi) is 5.15. The van der Waals surface area contributed by atoms with Gasteiger partial charge < -0.3 is 9.84 Å². The van der Waals surface area contributed by atoms with E-state index in [4.69, 9.17) is 21.4 Å². The third kappa shape index (κ3) is 3.54. The molecule has 1 atom stereocenters. The molecule has 1 aromatic rings. The summed E-state index contributed by atoms with van der Waals surface area (Å²) in [4.78, 5) is 11.7. The molecule has 0 radical (unpaired) electrons. The highest BCUT2D eigenvalue weighted by Gasteiger charge is 2.15. The van der Waals surface area contributed by atoms with Crippen molar-refractivity contribution in [3.63, 3.8) is 0 Å². The Morgan fingerprint density at radius 3 is 2.71 bits per heavy atom. The molecule has 0 saturated heterocycles. The Hall–Kier alpha value is -0.870. The maximum absolute atomic E-state index is 10.8. The first-order valence-electron chi connectivity index (χ1n) is 5.12. The van der Waals surface area contributed by atoms with Crippen LogP contribution in [0.5, 0.6) is 5.75 Å². The van der Waals surface area contributed by atoms with Gasteiger partial charge in [-0.2, -0.15) is 0 Å². The minimum absolute atomic E-state index is 0.422. The van der Waals surface area contributed by atoms with E-state index < -0.39 is 11.9 Å². The fourth-order valence-corrected chi connectivity index (χ4v) is 2.55. The lowest BCUT2D eigenvalue weighted by molar-refractivity contribution is -0.141. The van der Waals surface area contributed by atoms with E-state index in [0.717, 1.165) is 10.5 Å². The summed E-state index contributed by atoms with van der Waals surface area (Å²) < 4.78 is 5.21. The molecule has 3 nitrogen and oxygen atoms in total. The van der Waals surface area contributed by atoms with Gasteiger partial charge in [0.05, 0.1) is 22.9 Å². The summed E-state index contributed by atoms with van der Waals surface area (Å²) in [7, 11) is 1.57. The van der Waals surface area contributed by atoms with E-state index in [1.54, 1.807) is 20.1 Å². The Labute approximate surface area is 110 Å². The van der Waals surface area contributed by atoms with Crippen molar-refractivity contribution >= 4 is 29.3 Å². The zero-order chi connectivity index (χ0) is 13.0. The van der Waals surface area contributed by atoms with Crippen LogP contribution in [-0.2, 0) is 11.2 Å². The van der Waals surface area contributed by atoms with Crippen LogP contribution in [0.15, 0.2) is 17.0 Å². The number of carboxylic acid groups (broad SMARTS) is 1. The monoisotopic (exact) mass is 274 g/mol. The van der Waals surface area contributed by atoms with E-state index in [1.807, 2.05) is 12.3 Å². The SMILES string of the molecule is COc1c(Cl)cc(CC(C)C(=O)O)cc1SC. The van der Waals surface area contributed by atoms with Crippen molar-refractivity contribution in [1.82, 2.24) is 0 Å². The number of thioether (sulfide) groups is 1. The fourth-order valence-electron chi connectivity index (χ4n) is 1.53. The van der Waals surface area contributed by atoms with Gasteiger partial charge in [-0.25, -0.2) is 0 Å². The largest absolute Gasteiger partial charge is 0.494 e. The van der Waals surface area contributed by atoms with Crippen LogP contribution in [-0.4, -0.2) is 24.4 Å². The van der Waals surface area contributed by atoms with Crippen LogP contribution in [0.25, 0.3) is 0 Å². The zero-order valence-electron chi connectivity index (χ0n) is 9.99. The maximum atomic E-state index is 10.8. The van der Waals surface area contributed by atoms with Gasteiger partial charge in [0, 0.05) is 0 Å².